The molecule has 0 amide bonds. The van der Waals surface area contributed by atoms with E-state index in [2.05, 4.69) is 15.1 Å². The lowest BCUT2D eigenvalue weighted by atomic mass is 10.3. The number of carbonyl (C=O) groups is 1. The van der Waals surface area contributed by atoms with Crippen molar-refractivity contribution in [1.29, 1.82) is 0 Å². The maximum Gasteiger partial charge on any atom is 0.354 e. The van der Waals surface area contributed by atoms with Crippen LogP contribution in [-0.4, -0.2) is 30.8 Å². The Morgan fingerprint density at radius 2 is 2.17 bits per heavy atom. The molecule has 0 atom stereocenters. The molecule has 94 valence electrons. The van der Waals surface area contributed by atoms with E-state index < -0.39 is 5.97 Å². The molecule has 6 nitrogen and oxygen atoms in total. The predicted octanol–water partition coefficient (Wildman–Crippen LogP) is 1.49. The SMILES string of the molecule is CCc1nc(CC)n(-c2ccnc(C(=O)O)c2)n1. The first-order valence-electron chi connectivity index (χ1n) is 5.80. The summed E-state index contributed by atoms with van der Waals surface area (Å²) in [4.78, 5) is 19.1. The van der Waals surface area contributed by atoms with Crippen LogP contribution in [0.4, 0.5) is 0 Å². The van der Waals surface area contributed by atoms with Crippen molar-refractivity contribution in [2.24, 2.45) is 0 Å². The topological polar surface area (TPSA) is 80.9 Å². The van der Waals surface area contributed by atoms with Crippen LogP contribution < -0.4 is 0 Å². The highest BCUT2D eigenvalue weighted by molar-refractivity contribution is 5.85. The number of rotatable bonds is 4. The minimum atomic E-state index is -1.05. The van der Waals surface area contributed by atoms with Crippen molar-refractivity contribution in [3.05, 3.63) is 35.7 Å². The highest BCUT2D eigenvalue weighted by Gasteiger charge is 2.11. The average molecular weight is 246 g/mol. The molecule has 0 unspecified atom stereocenters. The van der Waals surface area contributed by atoms with Crippen LogP contribution in [-0.2, 0) is 12.8 Å². The smallest absolute Gasteiger partial charge is 0.354 e. The van der Waals surface area contributed by atoms with Gasteiger partial charge in [-0.25, -0.2) is 19.4 Å². The summed E-state index contributed by atoms with van der Waals surface area (Å²) < 4.78 is 1.67. The highest BCUT2D eigenvalue weighted by Crippen LogP contribution is 2.11. The van der Waals surface area contributed by atoms with E-state index in [1.165, 1.54) is 12.3 Å². The summed E-state index contributed by atoms with van der Waals surface area (Å²) >= 11 is 0. The molecule has 2 rings (SSSR count). The van der Waals surface area contributed by atoms with Crippen LogP contribution in [0.3, 0.4) is 0 Å². The zero-order valence-electron chi connectivity index (χ0n) is 10.3. The third-order valence-corrected chi connectivity index (χ3v) is 2.56. The van der Waals surface area contributed by atoms with Gasteiger partial charge in [0.15, 0.2) is 5.82 Å². The van der Waals surface area contributed by atoms with Gasteiger partial charge in [0.2, 0.25) is 0 Å². The molecule has 0 fully saturated rings. The number of hydrogen-bond donors (Lipinski definition) is 1. The number of aromatic nitrogens is 4. The van der Waals surface area contributed by atoms with Crippen LogP contribution in [0, 0.1) is 0 Å². The number of pyridine rings is 1. The van der Waals surface area contributed by atoms with Gasteiger partial charge in [0, 0.05) is 19.0 Å². The fraction of sp³-hybridized carbons (Fsp3) is 0.333. The van der Waals surface area contributed by atoms with E-state index in [-0.39, 0.29) is 5.69 Å². The summed E-state index contributed by atoms with van der Waals surface area (Å²) in [6.45, 7) is 3.97. The molecule has 0 aliphatic heterocycles. The Balaban J connectivity index is 2.50. The van der Waals surface area contributed by atoms with E-state index in [1.807, 2.05) is 13.8 Å². The molecule has 0 saturated carbocycles. The standard InChI is InChI=1S/C12H14N4O2/c1-3-10-14-11(4-2)16(15-10)8-5-6-13-9(7-8)12(17)18/h5-7H,3-4H2,1-2H3,(H,17,18). The van der Waals surface area contributed by atoms with Gasteiger partial charge in [-0.1, -0.05) is 13.8 Å². The third-order valence-electron chi connectivity index (χ3n) is 2.56. The number of aryl methyl sites for hydroxylation is 2. The van der Waals surface area contributed by atoms with Crippen molar-refractivity contribution in [3.63, 3.8) is 0 Å². The lowest BCUT2D eigenvalue weighted by molar-refractivity contribution is 0.0690. The van der Waals surface area contributed by atoms with Crippen molar-refractivity contribution in [3.8, 4) is 5.69 Å². The maximum absolute atomic E-state index is 10.9. The molecule has 0 aliphatic carbocycles. The van der Waals surface area contributed by atoms with Crippen LogP contribution in [0.15, 0.2) is 18.3 Å². The van der Waals surface area contributed by atoms with Crippen molar-refractivity contribution >= 4 is 5.97 Å². The van der Waals surface area contributed by atoms with E-state index in [0.717, 1.165) is 24.5 Å². The molecular weight excluding hydrogens is 232 g/mol. The molecule has 0 aliphatic rings. The number of aromatic carboxylic acids is 1. The molecule has 0 radical (unpaired) electrons. The number of hydrogen-bond acceptors (Lipinski definition) is 4. The van der Waals surface area contributed by atoms with Gasteiger partial charge < -0.3 is 5.11 Å². The molecule has 0 saturated heterocycles. The van der Waals surface area contributed by atoms with Crippen LogP contribution in [0.25, 0.3) is 5.69 Å². The Hall–Kier alpha value is -2.24. The summed E-state index contributed by atoms with van der Waals surface area (Å²) in [5.74, 6) is 0.514. The minimum Gasteiger partial charge on any atom is -0.477 e. The fourth-order valence-corrected chi connectivity index (χ4v) is 1.65. The predicted molar refractivity (Wildman–Crippen MR) is 64.9 cm³/mol. The van der Waals surface area contributed by atoms with Crippen molar-refractivity contribution in [2.75, 3.05) is 0 Å². The molecule has 6 heteroatoms. The van der Waals surface area contributed by atoms with E-state index in [1.54, 1.807) is 10.7 Å². The van der Waals surface area contributed by atoms with Crippen molar-refractivity contribution < 1.29 is 9.90 Å². The van der Waals surface area contributed by atoms with Gasteiger partial charge >= 0.3 is 5.97 Å². The summed E-state index contributed by atoms with van der Waals surface area (Å²) in [5, 5.41) is 13.3. The van der Waals surface area contributed by atoms with Gasteiger partial charge in [0.25, 0.3) is 0 Å². The molecule has 0 spiro atoms. The average Bonchev–Trinajstić information content (AvgIpc) is 2.82. The van der Waals surface area contributed by atoms with Gasteiger partial charge in [-0.2, -0.15) is 5.10 Å². The fourth-order valence-electron chi connectivity index (χ4n) is 1.65. The summed E-state index contributed by atoms with van der Waals surface area (Å²) in [6, 6.07) is 3.22. The van der Waals surface area contributed by atoms with Gasteiger partial charge in [0.05, 0.1) is 5.69 Å². The second kappa shape index (κ2) is 4.95. The minimum absolute atomic E-state index is 0.00287. The number of carboxylic acids is 1. The molecule has 0 bridgehead atoms. The Kier molecular flexibility index (Phi) is 3.36. The maximum atomic E-state index is 10.9. The van der Waals surface area contributed by atoms with Gasteiger partial charge in [-0.3, -0.25) is 0 Å². The van der Waals surface area contributed by atoms with E-state index in [9.17, 15) is 4.79 Å². The van der Waals surface area contributed by atoms with Crippen LogP contribution in [0.1, 0.15) is 36.0 Å². The Morgan fingerprint density at radius 3 is 2.78 bits per heavy atom. The number of nitrogens with zero attached hydrogens (tertiary/aromatic N) is 4. The quantitative estimate of drug-likeness (QED) is 0.883. The third kappa shape index (κ3) is 2.22. The normalized spacial score (nSPS) is 10.6. The van der Waals surface area contributed by atoms with Gasteiger partial charge in [-0.15, -0.1) is 0 Å². The first kappa shape index (κ1) is 12.2. The second-order valence-electron chi connectivity index (χ2n) is 3.77. The van der Waals surface area contributed by atoms with E-state index in [0.29, 0.717) is 5.69 Å². The second-order valence-corrected chi connectivity index (χ2v) is 3.77. The zero-order chi connectivity index (χ0) is 13.1. The Morgan fingerprint density at radius 1 is 1.39 bits per heavy atom. The lowest BCUT2D eigenvalue weighted by Gasteiger charge is -2.04. The lowest BCUT2D eigenvalue weighted by Crippen LogP contribution is -2.06. The van der Waals surface area contributed by atoms with Crippen molar-refractivity contribution in [2.45, 2.75) is 26.7 Å². The van der Waals surface area contributed by atoms with Crippen molar-refractivity contribution in [1.82, 2.24) is 19.7 Å². The summed E-state index contributed by atoms with van der Waals surface area (Å²) in [7, 11) is 0. The molecule has 0 aromatic carbocycles. The largest absolute Gasteiger partial charge is 0.477 e. The number of carboxylic acid groups (broad SMARTS) is 1. The Bertz CT molecular complexity index is 577. The van der Waals surface area contributed by atoms with Gasteiger partial charge in [-0.05, 0) is 12.1 Å². The molecule has 2 aromatic rings. The molecule has 2 heterocycles. The van der Waals surface area contributed by atoms with E-state index in [4.69, 9.17) is 5.11 Å². The summed E-state index contributed by atoms with van der Waals surface area (Å²) in [6.07, 6.45) is 2.94. The van der Waals surface area contributed by atoms with Gasteiger partial charge in [0.1, 0.15) is 11.5 Å². The van der Waals surface area contributed by atoms with Crippen LogP contribution in [0.5, 0.6) is 0 Å². The zero-order valence-corrected chi connectivity index (χ0v) is 10.3. The first-order chi connectivity index (χ1) is 8.65. The first-order valence-corrected chi connectivity index (χ1v) is 5.80. The Labute approximate surface area is 104 Å². The molecular formula is C12H14N4O2. The molecule has 1 N–H and O–H groups in total. The van der Waals surface area contributed by atoms with E-state index >= 15 is 0 Å². The summed E-state index contributed by atoms with van der Waals surface area (Å²) in [5.41, 5.74) is 0.676. The van der Waals surface area contributed by atoms with Crippen LogP contribution in [0.2, 0.25) is 0 Å². The highest BCUT2D eigenvalue weighted by atomic mass is 16.4. The molecule has 2 aromatic heterocycles. The van der Waals surface area contributed by atoms with Crippen LogP contribution >= 0.6 is 0 Å². The molecule has 18 heavy (non-hydrogen) atoms. The monoisotopic (exact) mass is 246 g/mol.